The summed E-state index contributed by atoms with van der Waals surface area (Å²) < 4.78 is 15.8. The Hall–Kier alpha value is -3.13. The minimum absolute atomic E-state index is 0.0113. The first-order chi connectivity index (χ1) is 13.5. The van der Waals surface area contributed by atoms with Crippen LogP contribution in [0.25, 0.3) is 10.9 Å². The SMILES string of the molecule is COC(=O)c1nc2ccc(Br)cc2c(Nc2cccc(OC)c2)c1C(=O)OC. The fourth-order valence-electron chi connectivity index (χ4n) is 2.76. The Morgan fingerprint density at radius 3 is 2.43 bits per heavy atom. The van der Waals surface area contributed by atoms with Crippen molar-refractivity contribution in [2.24, 2.45) is 0 Å². The molecule has 0 aliphatic rings. The molecule has 2 aromatic carbocycles. The van der Waals surface area contributed by atoms with Gasteiger partial charge in [0.05, 0.1) is 32.5 Å². The normalized spacial score (nSPS) is 10.4. The van der Waals surface area contributed by atoms with Crippen molar-refractivity contribution in [3.63, 3.8) is 0 Å². The van der Waals surface area contributed by atoms with E-state index in [4.69, 9.17) is 14.2 Å². The van der Waals surface area contributed by atoms with Crippen LogP contribution in [0.15, 0.2) is 46.9 Å². The summed E-state index contributed by atoms with van der Waals surface area (Å²) in [5, 5.41) is 3.83. The van der Waals surface area contributed by atoms with Gasteiger partial charge in [0.2, 0.25) is 0 Å². The van der Waals surface area contributed by atoms with Crippen molar-refractivity contribution in [2.75, 3.05) is 26.6 Å². The summed E-state index contributed by atoms with van der Waals surface area (Å²) in [5.74, 6) is -0.809. The molecule has 1 aromatic heterocycles. The van der Waals surface area contributed by atoms with Gasteiger partial charge >= 0.3 is 11.9 Å². The Labute approximate surface area is 169 Å². The molecule has 0 fully saturated rings. The zero-order valence-corrected chi connectivity index (χ0v) is 17.0. The molecule has 0 saturated carbocycles. The summed E-state index contributed by atoms with van der Waals surface area (Å²) in [5.41, 5.74) is 1.42. The third kappa shape index (κ3) is 3.77. The van der Waals surface area contributed by atoms with Crippen LogP contribution >= 0.6 is 15.9 Å². The van der Waals surface area contributed by atoms with Gasteiger partial charge in [-0.05, 0) is 30.3 Å². The van der Waals surface area contributed by atoms with Crippen LogP contribution in [-0.4, -0.2) is 38.3 Å². The number of nitrogens with zero attached hydrogens (tertiary/aromatic N) is 1. The highest BCUT2D eigenvalue weighted by molar-refractivity contribution is 9.10. The predicted octanol–water partition coefficient (Wildman–Crippen LogP) is 4.32. The molecule has 1 heterocycles. The zero-order valence-electron chi connectivity index (χ0n) is 15.4. The third-order valence-corrected chi connectivity index (χ3v) is 4.55. The molecule has 144 valence electrons. The zero-order chi connectivity index (χ0) is 20.3. The van der Waals surface area contributed by atoms with Crippen molar-refractivity contribution in [3.05, 3.63) is 58.2 Å². The van der Waals surface area contributed by atoms with E-state index in [1.807, 2.05) is 6.07 Å². The highest BCUT2D eigenvalue weighted by atomic mass is 79.9. The number of rotatable bonds is 5. The molecule has 8 heteroatoms. The number of halogens is 1. The molecule has 0 bridgehead atoms. The minimum Gasteiger partial charge on any atom is -0.497 e. The molecule has 0 atom stereocenters. The first kappa shape index (κ1) is 19.6. The lowest BCUT2D eigenvalue weighted by molar-refractivity contribution is 0.0551. The molecule has 3 rings (SSSR count). The summed E-state index contributed by atoms with van der Waals surface area (Å²) in [6.45, 7) is 0. The Bertz CT molecular complexity index is 1070. The van der Waals surface area contributed by atoms with Gasteiger partial charge in [-0.15, -0.1) is 0 Å². The second-order valence-electron chi connectivity index (χ2n) is 5.71. The van der Waals surface area contributed by atoms with Gasteiger partial charge in [0.25, 0.3) is 0 Å². The summed E-state index contributed by atoms with van der Waals surface area (Å²) in [6.07, 6.45) is 0. The van der Waals surface area contributed by atoms with Gasteiger partial charge in [-0.3, -0.25) is 0 Å². The molecule has 0 saturated heterocycles. The average Bonchev–Trinajstić information content (AvgIpc) is 2.72. The van der Waals surface area contributed by atoms with E-state index in [0.717, 1.165) is 4.47 Å². The molecule has 0 aliphatic carbocycles. The molecule has 0 spiro atoms. The van der Waals surface area contributed by atoms with Gasteiger partial charge < -0.3 is 19.5 Å². The Morgan fingerprint density at radius 1 is 1.00 bits per heavy atom. The predicted molar refractivity (Wildman–Crippen MR) is 108 cm³/mol. The number of pyridine rings is 1. The topological polar surface area (TPSA) is 86.8 Å². The van der Waals surface area contributed by atoms with Gasteiger partial charge in [0, 0.05) is 21.6 Å². The summed E-state index contributed by atoms with van der Waals surface area (Å²) in [7, 11) is 4.03. The van der Waals surface area contributed by atoms with E-state index in [9.17, 15) is 9.59 Å². The lowest BCUT2D eigenvalue weighted by Gasteiger charge is -2.17. The number of methoxy groups -OCH3 is 3. The van der Waals surface area contributed by atoms with E-state index in [1.54, 1.807) is 43.5 Å². The maximum atomic E-state index is 12.6. The van der Waals surface area contributed by atoms with Crippen LogP contribution in [0.4, 0.5) is 11.4 Å². The van der Waals surface area contributed by atoms with Crippen LogP contribution in [0, 0.1) is 0 Å². The second-order valence-corrected chi connectivity index (χ2v) is 6.63. The number of anilines is 2. The summed E-state index contributed by atoms with van der Waals surface area (Å²) in [6, 6.07) is 12.5. The second kappa shape index (κ2) is 8.26. The maximum Gasteiger partial charge on any atom is 0.357 e. The van der Waals surface area contributed by atoms with Crippen LogP contribution < -0.4 is 10.1 Å². The first-order valence-electron chi connectivity index (χ1n) is 8.19. The highest BCUT2D eigenvalue weighted by Crippen LogP contribution is 2.34. The number of fused-ring (bicyclic) bond motifs is 1. The van der Waals surface area contributed by atoms with Gasteiger partial charge in [-0.25, -0.2) is 14.6 Å². The van der Waals surface area contributed by atoms with Crippen molar-refractivity contribution < 1.29 is 23.8 Å². The van der Waals surface area contributed by atoms with E-state index >= 15 is 0 Å². The van der Waals surface area contributed by atoms with Crippen LogP contribution in [0.1, 0.15) is 20.8 Å². The fraction of sp³-hybridized carbons (Fsp3) is 0.150. The average molecular weight is 445 g/mol. The third-order valence-electron chi connectivity index (χ3n) is 4.05. The summed E-state index contributed by atoms with van der Waals surface area (Å²) >= 11 is 3.43. The van der Waals surface area contributed by atoms with E-state index in [0.29, 0.717) is 28.0 Å². The molecule has 28 heavy (non-hydrogen) atoms. The van der Waals surface area contributed by atoms with Crippen LogP contribution in [0.3, 0.4) is 0 Å². The van der Waals surface area contributed by atoms with Crippen molar-refractivity contribution in [2.45, 2.75) is 0 Å². The number of esters is 2. The molecular weight excluding hydrogens is 428 g/mol. The standard InChI is InChI=1S/C20H17BrN2O5/c1-26-13-6-4-5-12(10-13)22-17-14-9-11(21)7-8-15(14)23-18(20(25)28-3)16(17)19(24)27-2/h4-10H,1-3H3,(H,22,23). The number of aromatic nitrogens is 1. The number of benzene rings is 2. The number of ether oxygens (including phenoxy) is 3. The van der Waals surface area contributed by atoms with Crippen molar-refractivity contribution in [3.8, 4) is 5.75 Å². The molecule has 3 aromatic rings. The van der Waals surface area contributed by atoms with Crippen molar-refractivity contribution in [1.82, 2.24) is 4.98 Å². The van der Waals surface area contributed by atoms with Crippen LogP contribution in [0.2, 0.25) is 0 Å². The lowest BCUT2D eigenvalue weighted by Crippen LogP contribution is -2.17. The highest BCUT2D eigenvalue weighted by Gasteiger charge is 2.27. The van der Waals surface area contributed by atoms with E-state index in [-0.39, 0.29) is 11.3 Å². The van der Waals surface area contributed by atoms with E-state index < -0.39 is 11.9 Å². The van der Waals surface area contributed by atoms with Gasteiger partial charge in [-0.2, -0.15) is 0 Å². The van der Waals surface area contributed by atoms with Gasteiger partial charge in [-0.1, -0.05) is 22.0 Å². The van der Waals surface area contributed by atoms with Crippen molar-refractivity contribution in [1.29, 1.82) is 0 Å². The molecule has 0 amide bonds. The largest absolute Gasteiger partial charge is 0.497 e. The van der Waals surface area contributed by atoms with E-state index in [2.05, 4.69) is 26.2 Å². The first-order valence-corrected chi connectivity index (χ1v) is 8.98. The fourth-order valence-corrected chi connectivity index (χ4v) is 3.12. The Kier molecular flexibility index (Phi) is 5.79. The van der Waals surface area contributed by atoms with Crippen molar-refractivity contribution >= 4 is 50.1 Å². The summed E-state index contributed by atoms with van der Waals surface area (Å²) in [4.78, 5) is 29.2. The number of carbonyl (C=O) groups is 2. The Morgan fingerprint density at radius 2 is 1.75 bits per heavy atom. The number of hydrogen-bond donors (Lipinski definition) is 1. The number of carbonyl (C=O) groups excluding carboxylic acids is 2. The lowest BCUT2D eigenvalue weighted by atomic mass is 10.0. The number of nitrogens with one attached hydrogen (secondary N) is 1. The molecule has 0 unspecified atom stereocenters. The van der Waals surface area contributed by atoms with E-state index in [1.165, 1.54) is 14.2 Å². The molecule has 0 aliphatic heterocycles. The molecule has 7 nitrogen and oxygen atoms in total. The molecule has 1 N–H and O–H groups in total. The smallest absolute Gasteiger partial charge is 0.357 e. The quantitative estimate of drug-likeness (QED) is 0.586. The molecule has 0 radical (unpaired) electrons. The van der Waals surface area contributed by atoms with Gasteiger partial charge in [0.1, 0.15) is 11.3 Å². The Balaban J connectivity index is 2.33. The maximum absolute atomic E-state index is 12.6. The van der Waals surface area contributed by atoms with Crippen LogP contribution in [0.5, 0.6) is 5.75 Å². The molecular formula is C20H17BrN2O5. The monoisotopic (exact) mass is 444 g/mol. The van der Waals surface area contributed by atoms with Gasteiger partial charge in [0.15, 0.2) is 5.69 Å². The minimum atomic E-state index is -0.737. The van der Waals surface area contributed by atoms with Crippen LogP contribution in [-0.2, 0) is 9.47 Å². The number of hydrogen-bond acceptors (Lipinski definition) is 7.